The summed E-state index contributed by atoms with van der Waals surface area (Å²) in [4.78, 5) is 14.3. The molecule has 1 fully saturated rings. The van der Waals surface area contributed by atoms with Crippen LogP contribution in [0.5, 0.6) is 0 Å². The van der Waals surface area contributed by atoms with E-state index in [0.29, 0.717) is 12.1 Å². The van der Waals surface area contributed by atoms with Gasteiger partial charge in [-0.05, 0) is 17.7 Å². The number of amides is 1. The van der Waals surface area contributed by atoms with Crippen molar-refractivity contribution in [3.63, 3.8) is 0 Å². The van der Waals surface area contributed by atoms with Crippen molar-refractivity contribution in [2.75, 3.05) is 13.1 Å². The Morgan fingerprint density at radius 3 is 2.41 bits per heavy atom. The number of rotatable bonds is 3. The zero-order valence-corrected chi connectivity index (χ0v) is 14.6. The third-order valence-electron chi connectivity index (χ3n) is 5.00. The Hall–Kier alpha value is -3.03. The summed E-state index contributed by atoms with van der Waals surface area (Å²) in [5.41, 5.74) is 0.302. The Morgan fingerprint density at radius 1 is 1.07 bits per heavy atom. The van der Waals surface area contributed by atoms with Crippen molar-refractivity contribution in [3.8, 4) is 5.69 Å². The normalized spacial score (nSPS) is 22.6. The first-order chi connectivity index (χ1) is 13.1. The van der Waals surface area contributed by atoms with Crippen molar-refractivity contribution < 1.29 is 15.0 Å². The number of piperidine rings is 1. The fourth-order valence-corrected chi connectivity index (χ4v) is 3.40. The van der Waals surface area contributed by atoms with E-state index in [-0.39, 0.29) is 24.6 Å². The van der Waals surface area contributed by atoms with E-state index in [4.69, 9.17) is 0 Å². The highest BCUT2D eigenvalue weighted by Crippen LogP contribution is 2.33. The van der Waals surface area contributed by atoms with Gasteiger partial charge in [-0.1, -0.05) is 53.7 Å². The highest BCUT2D eigenvalue weighted by Gasteiger charge is 2.43. The van der Waals surface area contributed by atoms with E-state index in [1.165, 1.54) is 9.58 Å². The predicted octanol–water partition coefficient (Wildman–Crippen LogP) is 1.36. The van der Waals surface area contributed by atoms with Crippen LogP contribution in [0.2, 0.25) is 0 Å². The SMILES string of the molecule is O=C(c1cn(-c2ccccc2)nn1)N1CC[C@](O)(c2ccccc2)[C@@H](O)C1. The molecular weight excluding hydrogens is 344 g/mol. The first-order valence-corrected chi connectivity index (χ1v) is 8.81. The van der Waals surface area contributed by atoms with E-state index in [1.807, 2.05) is 48.5 Å². The van der Waals surface area contributed by atoms with Gasteiger partial charge < -0.3 is 15.1 Å². The van der Waals surface area contributed by atoms with Crippen LogP contribution in [0.25, 0.3) is 5.69 Å². The maximum atomic E-state index is 12.8. The number of likely N-dealkylation sites (tertiary alicyclic amines) is 1. The molecule has 4 rings (SSSR count). The van der Waals surface area contributed by atoms with Crippen LogP contribution in [-0.4, -0.2) is 55.2 Å². The number of carbonyl (C=O) groups excluding carboxylic acids is 1. The van der Waals surface area contributed by atoms with Crippen LogP contribution in [0.1, 0.15) is 22.5 Å². The Labute approximate surface area is 156 Å². The minimum Gasteiger partial charge on any atom is -0.388 e. The monoisotopic (exact) mass is 364 g/mol. The molecule has 0 bridgehead atoms. The summed E-state index contributed by atoms with van der Waals surface area (Å²) >= 11 is 0. The third kappa shape index (κ3) is 3.22. The predicted molar refractivity (Wildman–Crippen MR) is 98.2 cm³/mol. The number of carbonyl (C=O) groups is 1. The van der Waals surface area contributed by atoms with Crippen molar-refractivity contribution in [1.29, 1.82) is 0 Å². The molecule has 138 valence electrons. The maximum Gasteiger partial charge on any atom is 0.276 e. The van der Waals surface area contributed by atoms with Gasteiger partial charge in [0.2, 0.25) is 0 Å². The molecule has 2 N–H and O–H groups in total. The van der Waals surface area contributed by atoms with Gasteiger partial charge in [0.25, 0.3) is 5.91 Å². The molecule has 7 nitrogen and oxygen atoms in total. The lowest BCUT2D eigenvalue weighted by Crippen LogP contribution is -2.55. The average molecular weight is 364 g/mol. The molecule has 2 heterocycles. The van der Waals surface area contributed by atoms with Crippen LogP contribution in [0, 0.1) is 0 Å². The summed E-state index contributed by atoms with van der Waals surface area (Å²) in [6.07, 6.45) is 0.737. The molecule has 0 saturated carbocycles. The highest BCUT2D eigenvalue weighted by atomic mass is 16.3. The second-order valence-corrected chi connectivity index (χ2v) is 6.69. The molecule has 3 aromatic rings. The minimum absolute atomic E-state index is 0.0302. The number of nitrogens with zero attached hydrogens (tertiary/aromatic N) is 4. The van der Waals surface area contributed by atoms with Gasteiger partial charge in [0.05, 0.1) is 18.4 Å². The number of aliphatic hydroxyl groups is 2. The van der Waals surface area contributed by atoms with Crippen LogP contribution in [0.3, 0.4) is 0 Å². The van der Waals surface area contributed by atoms with E-state index >= 15 is 0 Å². The van der Waals surface area contributed by atoms with Crippen LogP contribution in [-0.2, 0) is 5.60 Å². The molecule has 1 aromatic heterocycles. The molecule has 0 unspecified atom stereocenters. The van der Waals surface area contributed by atoms with E-state index in [9.17, 15) is 15.0 Å². The van der Waals surface area contributed by atoms with Crippen LogP contribution >= 0.6 is 0 Å². The topological polar surface area (TPSA) is 91.5 Å². The number of benzene rings is 2. The second kappa shape index (κ2) is 6.94. The summed E-state index contributed by atoms with van der Waals surface area (Å²) < 4.78 is 1.54. The zero-order valence-electron chi connectivity index (χ0n) is 14.6. The molecule has 0 radical (unpaired) electrons. The summed E-state index contributed by atoms with van der Waals surface area (Å²) in [7, 11) is 0. The Kier molecular flexibility index (Phi) is 4.47. The van der Waals surface area contributed by atoms with Crippen LogP contribution in [0.15, 0.2) is 66.9 Å². The molecule has 7 heteroatoms. The van der Waals surface area contributed by atoms with Crippen LogP contribution in [0.4, 0.5) is 0 Å². The Morgan fingerprint density at radius 2 is 1.74 bits per heavy atom. The molecule has 2 aromatic carbocycles. The lowest BCUT2D eigenvalue weighted by molar-refractivity contribution is -0.118. The lowest BCUT2D eigenvalue weighted by atomic mass is 9.82. The minimum atomic E-state index is -1.36. The number of β-amino-alcohol motifs (C(OH)–C–C–N with tert-alkyl or cyclic N) is 1. The quantitative estimate of drug-likeness (QED) is 0.732. The van der Waals surface area contributed by atoms with Crippen LogP contribution < -0.4 is 0 Å². The van der Waals surface area contributed by atoms with E-state index in [2.05, 4.69) is 10.3 Å². The van der Waals surface area contributed by atoms with E-state index < -0.39 is 11.7 Å². The molecule has 2 atom stereocenters. The van der Waals surface area contributed by atoms with Gasteiger partial charge in [0.15, 0.2) is 5.69 Å². The first kappa shape index (κ1) is 17.4. The van der Waals surface area contributed by atoms with Gasteiger partial charge in [-0.25, -0.2) is 4.68 Å². The van der Waals surface area contributed by atoms with Crippen molar-refractivity contribution in [1.82, 2.24) is 19.9 Å². The summed E-state index contributed by atoms with van der Waals surface area (Å²) in [6, 6.07) is 18.5. The molecule has 0 spiro atoms. The van der Waals surface area contributed by atoms with Crippen molar-refractivity contribution in [2.45, 2.75) is 18.1 Å². The molecule has 1 amide bonds. The standard InChI is InChI=1S/C20H20N4O3/c25-18-14-23(12-11-20(18,27)15-7-3-1-4-8-15)19(26)17-13-24(22-21-17)16-9-5-2-6-10-16/h1-10,13,18,25,27H,11-12,14H2/t18-,20-/m0/s1. The third-order valence-corrected chi connectivity index (χ3v) is 5.00. The molecule has 0 aliphatic carbocycles. The number of aromatic nitrogens is 3. The van der Waals surface area contributed by atoms with Gasteiger partial charge in [-0.15, -0.1) is 5.10 Å². The van der Waals surface area contributed by atoms with Gasteiger partial charge in [0.1, 0.15) is 11.7 Å². The zero-order chi connectivity index (χ0) is 18.9. The lowest BCUT2D eigenvalue weighted by Gasteiger charge is -2.42. The van der Waals surface area contributed by atoms with E-state index in [1.54, 1.807) is 18.3 Å². The highest BCUT2D eigenvalue weighted by molar-refractivity contribution is 5.92. The first-order valence-electron chi connectivity index (χ1n) is 8.81. The Balaban J connectivity index is 1.50. The molecule has 27 heavy (non-hydrogen) atoms. The number of para-hydroxylation sites is 1. The summed E-state index contributed by atoms with van der Waals surface area (Å²) in [5, 5.41) is 29.4. The summed E-state index contributed by atoms with van der Waals surface area (Å²) in [6.45, 7) is 0.349. The smallest absolute Gasteiger partial charge is 0.276 e. The molecule has 1 saturated heterocycles. The molecule has 1 aliphatic heterocycles. The number of hydrogen-bond acceptors (Lipinski definition) is 5. The summed E-state index contributed by atoms with van der Waals surface area (Å²) in [5.74, 6) is -0.314. The van der Waals surface area contributed by atoms with Gasteiger partial charge >= 0.3 is 0 Å². The number of aliphatic hydroxyl groups excluding tert-OH is 1. The molecular formula is C20H20N4O3. The Bertz CT molecular complexity index is 929. The van der Waals surface area contributed by atoms with Gasteiger partial charge in [0, 0.05) is 13.0 Å². The second-order valence-electron chi connectivity index (χ2n) is 6.69. The fourth-order valence-electron chi connectivity index (χ4n) is 3.40. The largest absolute Gasteiger partial charge is 0.388 e. The average Bonchev–Trinajstić information content (AvgIpc) is 3.21. The molecule has 1 aliphatic rings. The van der Waals surface area contributed by atoms with Crippen molar-refractivity contribution in [3.05, 3.63) is 78.1 Å². The van der Waals surface area contributed by atoms with E-state index in [0.717, 1.165) is 5.69 Å². The maximum absolute atomic E-state index is 12.8. The van der Waals surface area contributed by atoms with Crippen molar-refractivity contribution in [2.24, 2.45) is 0 Å². The fraction of sp³-hybridized carbons (Fsp3) is 0.250. The van der Waals surface area contributed by atoms with Gasteiger partial charge in [-0.3, -0.25) is 4.79 Å². The van der Waals surface area contributed by atoms with Crippen molar-refractivity contribution >= 4 is 5.91 Å². The number of hydrogen-bond donors (Lipinski definition) is 2. The van der Waals surface area contributed by atoms with Gasteiger partial charge in [-0.2, -0.15) is 0 Å².